The summed E-state index contributed by atoms with van der Waals surface area (Å²) in [6, 6.07) is 18.0. The zero-order chi connectivity index (χ0) is 26.2. The molecule has 1 aliphatic heterocycles. The largest absolute Gasteiger partial charge is 0.367 e. The van der Waals surface area contributed by atoms with Gasteiger partial charge in [0.25, 0.3) is 0 Å². The van der Waals surface area contributed by atoms with Gasteiger partial charge in [0.05, 0.1) is 11.6 Å². The van der Waals surface area contributed by atoms with Crippen molar-refractivity contribution in [3.63, 3.8) is 0 Å². The maximum absolute atomic E-state index is 13.8. The van der Waals surface area contributed by atoms with E-state index in [0.717, 1.165) is 40.8 Å². The molecule has 5 rings (SSSR count). The summed E-state index contributed by atoms with van der Waals surface area (Å²) < 4.78 is 0. The minimum absolute atomic E-state index is 0.126. The molecule has 3 heterocycles. The highest BCUT2D eigenvalue weighted by atomic mass is 35.5. The number of aromatic amines is 1. The normalized spacial score (nSPS) is 15.3. The molecule has 192 valence electrons. The van der Waals surface area contributed by atoms with Gasteiger partial charge in [-0.15, -0.1) is 0 Å². The van der Waals surface area contributed by atoms with Gasteiger partial charge in [-0.1, -0.05) is 54.1 Å². The number of halogens is 1. The number of piperazine rings is 1. The summed E-state index contributed by atoms with van der Waals surface area (Å²) in [7, 11) is 0. The van der Waals surface area contributed by atoms with E-state index in [-0.39, 0.29) is 11.8 Å². The number of nitrogens with zero attached hydrogens (tertiary/aromatic N) is 3. The van der Waals surface area contributed by atoms with Crippen molar-refractivity contribution in [1.29, 1.82) is 0 Å². The van der Waals surface area contributed by atoms with Crippen LogP contribution >= 0.6 is 11.6 Å². The second kappa shape index (κ2) is 10.2. The monoisotopic (exact) mass is 515 g/mol. The van der Waals surface area contributed by atoms with Crippen molar-refractivity contribution in [3.8, 4) is 11.1 Å². The number of benzene rings is 2. The predicted molar refractivity (Wildman–Crippen MR) is 152 cm³/mol. The van der Waals surface area contributed by atoms with Gasteiger partial charge >= 0.3 is 0 Å². The molecule has 0 spiro atoms. The van der Waals surface area contributed by atoms with Crippen LogP contribution in [0.3, 0.4) is 0 Å². The fourth-order valence-electron chi connectivity index (χ4n) is 5.33. The van der Waals surface area contributed by atoms with E-state index in [0.29, 0.717) is 24.5 Å². The zero-order valence-electron chi connectivity index (χ0n) is 21.7. The maximum Gasteiger partial charge on any atom is 0.230 e. The standard InChI is InChI=1S/C30H34ClN5O/c1-20-18-33-28-26(20)27(25(19-34-28)21-7-5-4-6-8-21)35-13-15-36(16-14-35)29(37)24(17-30(2,3)32)22-9-11-23(31)12-10-22/h4-12,18-19,24H,13-17,32H2,1-3H3,(H,33,34). The first-order valence-electron chi connectivity index (χ1n) is 12.8. The Labute approximate surface area is 223 Å². The lowest BCUT2D eigenvalue weighted by atomic mass is 9.85. The third kappa shape index (κ3) is 5.36. The Hall–Kier alpha value is -3.35. The molecule has 1 atom stereocenters. The quantitative estimate of drug-likeness (QED) is 0.342. The lowest BCUT2D eigenvalue weighted by Gasteiger charge is -2.39. The van der Waals surface area contributed by atoms with Crippen molar-refractivity contribution in [2.24, 2.45) is 5.73 Å². The lowest BCUT2D eigenvalue weighted by molar-refractivity contribution is -0.133. The molecule has 0 radical (unpaired) electrons. The molecule has 1 saturated heterocycles. The average molecular weight is 516 g/mol. The second-order valence-corrected chi connectivity index (χ2v) is 11.1. The van der Waals surface area contributed by atoms with Gasteiger partial charge in [0.15, 0.2) is 0 Å². The smallest absolute Gasteiger partial charge is 0.230 e. The number of pyridine rings is 1. The Balaban J connectivity index is 1.42. The minimum Gasteiger partial charge on any atom is -0.367 e. The molecule has 0 aliphatic carbocycles. The molecular formula is C30H34ClN5O. The van der Waals surface area contributed by atoms with E-state index in [1.807, 2.05) is 61.5 Å². The van der Waals surface area contributed by atoms with E-state index >= 15 is 0 Å². The zero-order valence-corrected chi connectivity index (χ0v) is 22.4. The van der Waals surface area contributed by atoms with Crippen LogP contribution in [0.5, 0.6) is 0 Å². The van der Waals surface area contributed by atoms with Crippen LogP contribution < -0.4 is 10.6 Å². The molecule has 2 aromatic carbocycles. The van der Waals surface area contributed by atoms with Crippen molar-refractivity contribution in [2.45, 2.75) is 38.6 Å². The Bertz CT molecular complexity index is 1380. The molecular weight excluding hydrogens is 482 g/mol. The molecule has 0 saturated carbocycles. The lowest BCUT2D eigenvalue weighted by Crippen LogP contribution is -2.51. The Morgan fingerprint density at radius 2 is 1.76 bits per heavy atom. The number of hydrogen-bond acceptors (Lipinski definition) is 4. The Morgan fingerprint density at radius 3 is 2.41 bits per heavy atom. The number of carbonyl (C=O) groups excluding carboxylic acids is 1. The molecule has 4 aromatic rings. The van der Waals surface area contributed by atoms with E-state index in [9.17, 15) is 4.79 Å². The van der Waals surface area contributed by atoms with Crippen molar-refractivity contribution < 1.29 is 4.79 Å². The van der Waals surface area contributed by atoms with Crippen LogP contribution in [0.4, 0.5) is 5.69 Å². The van der Waals surface area contributed by atoms with Gasteiger partial charge < -0.3 is 20.5 Å². The second-order valence-electron chi connectivity index (χ2n) is 10.7. The van der Waals surface area contributed by atoms with Gasteiger partial charge in [0, 0.05) is 60.1 Å². The number of nitrogens with two attached hydrogens (primary N) is 1. The highest BCUT2D eigenvalue weighted by Crippen LogP contribution is 2.38. The fraction of sp³-hybridized carbons (Fsp3) is 0.333. The number of amides is 1. The summed E-state index contributed by atoms with van der Waals surface area (Å²) in [5.74, 6) is -0.176. The van der Waals surface area contributed by atoms with Crippen molar-refractivity contribution >= 4 is 34.2 Å². The van der Waals surface area contributed by atoms with E-state index < -0.39 is 5.54 Å². The number of anilines is 1. The fourth-order valence-corrected chi connectivity index (χ4v) is 5.46. The molecule has 0 bridgehead atoms. The predicted octanol–water partition coefficient (Wildman–Crippen LogP) is 5.75. The van der Waals surface area contributed by atoms with Crippen LogP contribution in [0.2, 0.25) is 5.02 Å². The summed E-state index contributed by atoms with van der Waals surface area (Å²) in [6.07, 6.45) is 4.54. The number of H-pyrrole nitrogens is 1. The van der Waals surface area contributed by atoms with E-state index in [2.05, 4.69) is 41.1 Å². The van der Waals surface area contributed by atoms with Crippen LogP contribution in [0.25, 0.3) is 22.2 Å². The summed E-state index contributed by atoms with van der Waals surface area (Å²) in [5.41, 5.74) is 12.4. The average Bonchev–Trinajstić information content (AvgIpc) is 3.28. The van der Waals surface area contributed by atoms with Crippen LogP contribution in [-0.2, 0) is 4.79 Å². The summed E-state index contributed by atoms with van der Waals surface area (Å²) in [6.45, 7) is 8.85. The number of rotatable bonds is 6. The van der Waals surface area contributed by atoms with Crippen molar-refractivity contribution in [1.82, 2.24) is 14.9 Å². The summed E-state index contributed by atoms with van der Waals surface area (Å²) in [4.78, 5) is 26.2. The number of aryl methyl sites for hydroxylation is 1. The first-order valence-corrected chi connectivity index (χ1v) is 13.2. The van der Waals surface area contributed by atoms with Crippen LogP contribution in [-0.4, -0.2) is 52.5 Å². The van der Waals surface area contributed by atoms with Crippen LogP contribution in [0, 0.1) is 6.92 Å². The summed E-state index contributed by atoms with van der Waals surface area (Å²) >= 11 is 6.12. The first-order chi connectivity index (χ1) is 17.7. The Kier molecular flexibility index (Phi) is 6.97. The van der Waals surface area contributed by atoms with E-state index in [4.69, 9.17) is 22.3 Å². The van der Waals surface area contributed by atoms with Gasteiger partial charge in [-0.3, -0.25) is 4.79 Å². The van der Waals surface area contributed by atoms with Crippen LogP contribution in [0.15, 0.2) is 67.0 Å². The van der Waals surface area contributed by atoms with Crippen LogP contribution in [0.1, 0.15) is 37.3 Å². The van der Waals surface area contributed by atoms with E-state index in [1.54, 1.807) is 0 Å². The molecule has 1 fully saturated rings. The van der Waals surface area contributed by atoms with Gasteiger partial charge in [-0.2, -0.15) is 0 Å². The highest BCUT2D eigenvalue weighted by Gasteiger charge is 2.33. The highest BCUT2D eigenvalue weighted by molar-refractivity contribution is 6.30. The molecule has 1 unspecified atom stereocenters. The number of fused-ring (bicyclic) bond motifs is 1. The molecule has 1 aliphatic rings. The molecule has 3 N–H and O–H groups in total. The van der Waals surface area contributed by atoms with Crippen molar-refractivity contribution in [3.05, 3.63) is 83.1 Å². The maximum atomic E-state index is 13.8. The minimum atomic E-state index is -0.471. The molecule has 7 heteroatoms. The molecule has 37 heavy (non-hydrogen) atoms. The first kappa shape index (κ1) is 25.3. The van der Waals surface area contributed by atoms with Gasteiger partial charge in [0.2, 0.25) is 5.91 Å². The van der Waals surface area contributed by atoms with E-state index in [1.165, 1.54) is 11.3 Å². The molecule has 6 nitrogen and oxygen atoms in total. The van der Waals surface area contributed by atoms with Crippen molar-refractivity contribution in [2.75, 3.05) is 31.1 Å². The third-order valence-corrected chi connectivity index (χ3v) is 7.42. The number of hydrogen-bond donors (Lipinski definition) is 2. The Morgan fingerprint density at radius 1 is 1.08 bits per heavy atom. The summed E-state index contributed by atoms with van der Waals surface area (Å²) in [5, 5.41) is 1.80. The third-order valence-electron chi connectivity index (χ3n) is 7.16. The van der Waals surface area contributed by atoms with Gasteiger partial charge in [0.1, 0.15) is 5.65 Å². The topological polar surface area (TPSA) is 78.2 Å². The number of carbonyl (C=O) groups is 1. The SMILES string of the molecule is Cc1c[nH]c2ncc(-c3ccccc3)c(N3CCN(C(=O)C(CC(C)(C)N)c4ccc(Cl)cc4)CC3)c12. The molecule has 1 amide bonds. The van der Waals surface area contributed by atoms with Gasteiger partial charge in [-0.05, 0) is 56.0 Å². The molecule has 2 aromatic heterocycles. The number of nitrogens with one attached hydrogen (secondary N) is 1. The van der Waals surface area contributed by atoms with Gasteiger partial charge in [-0.25, -0.2) is 4.98 Å². The number of aromatic nitrogens is 2.